The third kappa shape index (κ3) is 3.10. The van der Waals surface area contributed by atoms with Crippen LogP contribution in [0.2, 0.25) is 0 Å². The topological polar surface area (TPSA) is 35.5 Å². The van der Waals surface area contributed by atoms with Gasteiger partial charge >= 0.3 is 5.97 Å². The highest BCUT2D eigenvalue weighted by atomic mass is 16.5. The van der Waals surface area contributed by atoms with E-state index in [0.29, 0.717) is 17.9 Å². The van der Waals surface area contributed by atoms with Gasteiger partial charge in [-0.05, 0) is 17.7 Å². The zero-order valence-corrected chi connectivity index (χ0v) is 10.1. The van der Waals surface area contributed by atoms with E-state index in [1.165, 1.54) is 7.11 Å². The van der Waals surface area contributed by atoms with Crippen LogP contribution in [0.25, 0.3) is 0 Å². The first-order chi connectivity index (χ1) is 8.79. The molecule has 2 rings (SSSR count). The van der Waals surface area contributed by atoms with E-state index in [2.05, 4.69) is 10.8 Å². The summed E-state index contributed by atoms with van der Waals surface area (Å²) in [7, 11) is 1.34. The number of rotatable bonds is 4. The van der Waals surface area contributed by atoms with Crippen LogP contribution in [0.1, 0.15) is 15.9 Å². The molecule has 0 aliphatic heterocycles. The summed E-state index contributed by atoms with van der Waals surface area (Å²) < 4.78 is 10.2. The lowest BCUT2D eigenvalue weighted by Gasteiger charge is -2.06. The molecular formula is C15H13O3. The van der Waals surface area contributed by atoms with Crippen molar-refractivity contribution in [2.45, 2.75) is 6.61 Å². The van der Waals surface area contributed by atoms with E-state index in [1.807, 2.05) is 30.3 Å². The number of ether oxygens (including phenoxy) is 2. The SMILES string of the molecule is COC(=O)c1[c]c(OCc2ccccc2)ccc1. The van der Waals surface area contributed by atoms with Crippen molar-refractivity contribution in [3.63, 3.8) is 0 Å². The first-order valence-corrected chi connectivity index (χ1v) is 5.57. The minimum Gasteiger partial charge on any atom is -0.488 e. The molecule has 0 aliphatic carbocycles. The molecule has 0 saturated carbocycles. The lowest BCUT2D eigenvalue weighted by molar-refractivity contribution is 0.0600. The van der Waals surface area contributed by atoms with Crippen molar-refractivity contribution in [2.75, 3.05) is 7.11 Å². The van der Waals surface area contributed by atoms with Gasteiger partial charge in [-0.15, -0.1) is 0 Å². The van der Waals surface area contributed by atoms with Gasteiger partial charge in [0.2, 0.25) is 0 Å². The first-order valence-electron chi connectivity index (χ1n) is 5.57. The number of hydrogen-bond donors (Lipinski definition) is 0. The van der Waals surface area contributed by atoms with E-state index in [-0.39, 0.29) is 0 Å². The van der Waals surface area contributed by atoms with Gasteiger partial charge in [-0.3, -0.25) is 0 Å². The van der Waals surface area contributed by atoms with Gasteiger partial charge in [0, 0.05) is 6.07 Å². The van der Waals surface area contributed by atoms with Crippen LogP contribution >= 0.6 is 0 Å². The quantitative estimate of drug-likeness (QED) is 0.772. The molecule has 0 atom stereocenters. The van der Waals surface area contributed by atoms with E-state index in [0.717, 1.165) is 5.56 Å². The molecule has 0 bridgehead atoms. The van der Waals surface area contributed by atoms with Crippen LogP contribution in [0.5, 0.6) is 5.75 Å². The van der Waals surface area contributed by atoms with Crippen LogP contribution in [0, 0.1) is 6.07 Å². The zero-order chi connectivity index (χ0) is 12.8. The van der Waals surface area contributed by atoms with Crippen molar-refractivity contribution < 1.29 is 14.3 Å². The van der Waals surface area contributed by atoms with E-state index in [9.17, 15) is 4.79 Å². The molecule has 91 valence electrons. The number of methoxy groups -OCH3 is 1. The fraction of sp³-hybridized carbons (Fsp3) is 0.133. The van der Waals surface area contributed by atoms with Crippen LogP contribution in [0.3, 0.4) is 0 Å². The van der Waals surface area contributed by atoms with E-state index in [4.69, 9.17) is 4.74 Å². The van der Waals surface area contributed by atoms with Crippen molar-refractivity contribution >= 4 is 5.97 Å². The first kappa shape index (κ1) is 12.2. The van der Waals surface area contributed by atoms with Crippen molar-refractivity contribution in [1.82, 2.24) is 0 Å². The zero-order valence-electron chi connectivity index (χ0n) is 10.1. The second-order valence-electron chi connectivity index (χ2n) is 3.69. The predicted octanol–water partition coefficient (Wildman–Crippen LogP) is 2.85. The normalized spacial score (nSPS) is 9.83. The number of esters is 1. The van der Waals surface area contributed by atoms with Gasteiger partial charge in [0.1, 0.15) is 12.4 Å². The van der Waals surface area contributed by atoms with Crippen LogP contribution < -0.4 is 4.74 Å². The second-order valence-corrected chi connectivity index (χ2v) is 3.69. The highest BCUT2D eigenvalue weighted by Gasteiger charge is 2.06. The van der Waals surface area contributed by atoms with Gasteiger partial charge in [-0.2, -0.15) is 0 Å². The molecular weight excluding hydrogens is 228 g/mol. The van der Waals surface area contributed by atoms with E-state index < -0.39 is 5.97 Å². The molecule has 0 amide bonds. The van der Waals surface area contributed by atoms with Crippen LogP contribution in [0.4, 0.5) is 0 Å². The Bertz CT molecular complexity index is 520. The minimum absolute atomic E-state index is 0.364. The summed E-state index contributed by atoms with van der Waals surface area (Å²) in [5.74, 6) is 0.113. The maximum Gasteiger partial charge on any atom is 0.338 e. The molecule has 18 heavy (non-hydrogen) atoms. The Hall–Kier alpha value is -2.29. The smallest absolute Gasteiger partial charge is 0.338 e. The number of benzene rings is 2. The third-order valence-corrected chi connectivity index (χ3v) is 2.41. The average Bonchev–Trinajstić information content (AvgIpc) is 2.45. The summed E-state index contributed by atoms with van der Waals surface area (Å²) in [6.07, 6.45) is 0. The molecule has 3 heteroatoms. The molecule has 2 aromatic carbocycles. The number of hydrogen-bond acceptors (Lipinski definition) is 3. The Morgan fingerprint density at radius 3 is 2.61 bits per heavy atom. The van der Waals surface area contributed by atoms with Crippen LogP contribution in [0.15, 0.2) is 48.5 Å². The van der Waals surface area contributed by atoms with Gasteiger partial charge in [-0.25, -0.2) is 4.79 Å². The Kier molecular flexibility index (Phi) is 3.97. The van der Waals surface area contributed by atoms with Crippen molar-refractivity contribution in [2.24, 2.45) is 0 Å². The number of carbonyl (C=O) groups excluding carboxylic acids is 1. The standard InChI is InChI=1S/C15H13O3/c1-17-15(16)13-8-5-9-14(10-13)18-11-12-6-3-2-4-7-12/h2-9H,11H2,1H3. The average molecular weight is 241 g/mol. The lowest BCUT2D eigenvalue weighted by Crippen LogP contribution is -2.02. The van der Waals surface area contributed by atoms with Crippen LogP contribution in [-0.4, -0.2) is 13.1 Å². The molecule has 0 aromatic heterocycles. The van der Waals surface area contributed by atoms with Gasteiger partial charge in [0.25, 0.3) is 0 Å². The maximum atomic E-state index is 11.3. The Balaban J connectivity index is 2.04. The molecule has 1 radical (unpaired) electrons. The summed E-state index contributed by atoms with van der Waals surface area (Å²) >= 11 is 0. The summed E-state index contributed by atoms with van der Waals surface area (Å²) in [4.78, 5) is 11.3. The molecule has 0 heterocycles. The molecule has 0 spiro atoms. The fourth-order valence-corrected chi connectivity index (χ4v) is 1.50. The van der Waals surface area contributed by atoms with Gasteiger partial charge < -0.3 is 9.47 Å². The predicted molar refractivity (Wildman–Crippen MR) is 67.4 cm³/mol. The van der Waals surface area contributed by atoms with Crippen molar-refractivity contribution in [3.8, 4) is 5.75 Å². The van der Waals surface area contributed by atoms with E-state index >= 15 is 0 Å². The molecule has 0 unspecified atom stereocenters. The molecule has 0 N–H and O–H groups in total. The maximum absolute atomic E-state index is 11.3. The highest BCUT2D eigenvalue weighted by Crippen LogP contribution is 2.14. The Morgan fingerprint density at radius 2 is 1.89 bits per heavy atom. The monoisotopic (exact) mass is 241 g/mol. The molecule has 0 fully saturated rings. The Morgan fingerprint density at radius 1 is 1.11 bits per heavy atom. The summed E-state index contributed by atoms with van der Waals surface area (Å²) in [5.41, 5.74) is 1.43. The van der Waals surface area contributed by atoms with Crippen LogP contribution in [-0.2, 0) is 11.3 Å². The largest absolute Gasteiger partial charge is 0.488 e. The second kappa shape index (κ2) is 5.87. The molecule has 0 aliphatic rings. The molecule has 2 aromatic rings. The summed E-state index contributed by atoms with van der Waals surface area (Å²) in [6, 6.07) is 17.8. The minimum atomic E-state index is -0.417. The summed E-state index contributed by atoms with van der Waals surface area (Å²) in [6.45, 7) is 0.446. The van der Waals surface area contributed by atoms with Gasteiger partial charge in [0.05, 0.1) is 12.7 Å². The van der Waals surface area contributed by atoms with Gasteiger partial charge in [-0.1, -0.05) is 36.4 Å². The van der Waals surface area contributed by atoms with Crippen molar-refractivity contribution in [3.05, 3.63) is 65.7 Å². The van der Waals surface area contributed by atoms with E-state index in [1.54, 1.807) is 18.2 Å². The molecule has 0 saturated heterocycles. The Labute approximate surface area is 106 Å². The van der Waals surface area contributed by atoms with Crippen molar-refractivity contribution in [1.29, 1.82) is 0 Å². The number of carbonyl (C=O) groups is 1. The fourth-order valence-electron chi connectivity index (χ4n) is 1.50. The van der Waals surface area contributed by atoms with Gasteiger partial charge in [0.15, 0.2) is 0 Å². The highest BCUT2D eigenvalue weighted by molar-refractivity contribution is 5.89. The molecule has 3 nitrogen and oxygen atoms in total. The third-order valence-electron chi connectivity index (χ3n) is 2.41. The summed E-state index contributed by atoms with van der Waals surface area (Å²) in [5, 5.41) is 0. The lowest BCUT2D eigenvalue weighted by atomic mass is 10.2.